The van der Waals surface area contributed by atoms with Crippen molar-refractivity contribution in [2.45, 2.75) is 0 Å². The molecule has 0 spiro atoms. The van der Waals surface area contributed by atoms with Crippen LogP contribution in [-0.4, -0.2) is 0 Å². The molecule has 0 atom stereocenters. The minimum absolute atomic E-state index is 2.73. The quantitative estimate of drug-likeness (QED) is 0.312. The standard InChI is InChI=1S/HO3PS/c1-4(2)3-5/h5H. The van der Waals surface area contributed by atoms with Crippen molar-refractivity contribution in [3.8, 4) is 0 Å². The van der Waals surface area contributed by atoms with Gasteiger partial charge in [0.1, 0.15) is 0 Å². The van der Waals surface area contributed by atoms with Gasteiger partial charge in [0.2, 0.25) is 0 Å². The Kier molecular flexibility index (Phi) is 2.55. The molecule has 30 valence electrons. The van der Waals surface area contributed by atoms with Gasteiger partial charge in [-0.15, -0.1) is 0 Å². The molecular formula is HO3PS. The van der Waals surface area contributed by atoms with Gasteiger partial charge in [-0.05, 0) is 12.9 Å². The third kappa shape index (κ3) is 4.21. The third-order valence-electron chi connectivity index (χ3n) is 0.0667. The molecule has 0 aromatic heterocycles. The molecule has 5 heavy (non-hydrogen) atoms. The van der Waals surface area contributed by atoms with E-state index >= 15 is 0 Å². The van der Waals surface area contributed by atoms with Gasteiger partial charge in [0.15, 0.2) is 0 Å². The van der Waals surface area contributed by atoms with E-state index in [-0.39, 0.29) is 0 Å². The van der Waals surface area contributed by atoms with Crippen LogP contribution in [0.15, 0.2) is 0 Å². The first-order valence-corrected chi connectivity index (χ1v) is 2.19. The Bertz CT molecular complexity index is 65.0. The second kappa shape index (κ2) is 2.45. The lowest BCUT2D eigenvalue weighted by atomic mass is 15.8. The molecule has 0 unspecified atom stereocenters. The van der Waals surface area contributed by atoms with Crippen LogP contribution < -0.4 is 0 Å². The SMILES string of the molecule is O=P(=O)OS. The van der Waals surface area contributed by atoms with Gasteiger partial charge in [-0.2, -0.15) is 0 Å². The molecule has 0 heterocycles. The van der Waals surface area contributed by atoms with Crippen LogP contribution in [0, 0.1) is 0 Å². The van der Waals surface area contributed by atoms with Crippen molar-refractivity contribution in [3.05, 3.63) is 0 Å². The lowest BCUT2D eigenvalue weighted by Gasteiger charge is -1.58. The van der Waals surface area contributed by atoms with Crippen molar-refractivity contribution < 1.29 is 13.1 Å². The molecule has 0 fully saturated rings. The molecule has 3 nitrogen and oxygen atoms in total. The van der Waals surface area contributed by atoms with E-state index in [1.807, 2.05) is 0 Å². The minimum Gasteiger partial charge on any atom is -0.203 e. The number of hydrogen-bond acceptors (Lipinski definition) is 4. The zero-order chi connectivity index (χ0) is 4.28. The average molecular weight is 112 g/mol. The van der Waals surface area contributed by atoms with Crippen molar-refractivity contribution in [1.29, 1.82) is 0 Å². The largest absolute Gasteiger partial charge is 0.479 e. The fourth-order valence-corrected chi connectivity index (χ4v) is 0. The summed E-state index contributed by atoms with van der Waals surface area (Å²) in [6, 6.07) is 0. The predicted molar refractivity (Wildman–Crippen MR) is 18.4 cm³/mol. The molecule has 0 rings (SSSR count). The maximum atomic E-state index is 9.11. The molecule has 0 aromatic rings. The molecule has 0 radical (unpaired) electrons. The van der Waals surface area contributed by atoms with Crippen LogP contribution in [-0.2, 0) is 13.1 Å². The third-order valence-corrected chi connectivity index (χ3v) is 0.600. The van der Waals surface area contributed by atoms with E-state index in [9.17, 15) is 0 Å². The lowest BCUT2D eigenvalue weighted by Crippen LogP contribution is -1.32. The van der Waals surface area contributed by atoms with Crippen molar-refractivity contribution in [1.82, 2.24) is 0 Å². The summed E-state index contributed by atoms with van der Waals surface area (Å²) >= 11 is 2.92. The molecule has 0 N–H and O–H groups in total. The zero-order valence-electron chi connectivity index (χ0n) is 2.12. The van der Waals surface area contributed by atoms with Crippen LogP contribution in [0.3, 0.4) is 0 Å². The highest BCUT2D eigenvalue weighted by Gasteiger charge is 1.73. The van der Waals surface area contributed by atoms with E-state index < -0.39 is 7.91 Å². The fourth-order valence-electron chi connectivity index (χ4n) is 0. The molecule has 0 aromatic carbocycles. The molecule has 5 heteroatoms. The Balaban J connectivity index is 3.23. The second-order valence-electron chi connectivity index (χ2n) is 0.305. The van der Waals surface area contributed by atoms with Crippen LogP contribution >= 0.6 is 20.8 Å². The van der Waals surface area contributed by atoms with Crippen LogP contribution in [0.4, 0.5) is 0 Å². The maximum Gasteiger partial charge on any atom is 0.479 e. The molecule has 0 saturated heterocycles. The first kappa shape index (κ1) is 5.21. The highest BCUT2D eigenvalue weighted by molar-refractivity contribution is 7.78. The Morgan fingerprint density at radius 3 is 1.80 bits per heavy atom. The normalized spacial score (nSPS) is 7.40. The van der Waals surface area contributed by atoms with Gasteiger partial charge in [0.25, 0.3) is 0 Å². The Morgan fingerprint density at radius 1 is 1.60 bits per heavy atom. The van der Waals surface area contributed by atoms with Gasteiger partial charge in [0, 0.05) is 0 Å². The van der Waals surface area contributed by atoms with Crippen molar-refractivity contribution >= 4 is 20.8 Å². The molecule has 0 saturated carbocycles. The predicted octanol–water partition coefficient (Wildman–Crippen LogP) is 0.936. The van der Waals surface area contributed by atoms with Crippen molar-refractivity contribution in [3.63, 3.8) is 0 Å². The van der Waals surface area contributed by atoms with Crippen LogP contribution in [0.1, 0.15) is 0 Å². The molecular weight excluding hydrogens is 111 g/mol. The van der Waals surface area contributed by atoms with Gasteiger partial charge >= 0.3 is 7.91 Å². The molecule has 0 aliphatic carbocycles. The topological polar surface area (TPSA) is 43.4 Å². The highest BCUT2D eigenvalue weighted by Crippen LogP contribution is 2.04. The van der Waals surface area contributed by atoms with Crippen molar-refractivity contribution in [2.75, 3.05) is 0 Å². The first-order valence-electron chi connectivity index (χ1n) is 0.730. The Morgan fingerprint density at radius 2 is 1.80 bits per heavy atom. The summed E-state index contributed by atoms with van der Waals surface area (Å²) in [6.45, 7) is 0. The van der Waals surface area contributed by atoms with Gasteiger partial charge in [-0.1, -0.05) is 0 Å². The van der Waals surface area contributed by atoms with Gasteiger partial charge in [-0.25, -0.2) is 13.1 Å². The summed E-state index contributed by atoms with van der Waals surface area (Å²) in [5.74, 6) is 0. The number of rotatable bonds is 1. The summed E-state index contributed by atoms with van der Waals surface area (Å²) in [4.78, 5) is 0. The molecule has 0 amide bonds. The van der Waals surface area contributed by atoms with Crippen LogP contribution in [0.5, 0.6) is 0 Å². The van der Waals surface area contributed by atoms with E-state index in [4.69, 9.17) is 9.13 Å². The highest BCUT2D eigenvalue weighted by atomic mass is 32.1. The van der Waals surface area contributed by atoms with E-state index in [0.717, 1.165) is 0 Å². The minimum atomic E-state index is -2.73. The monoisotopic (exact) mass is 112 g/mol. The second-order valence-corrected chi connectivity index (χ2v) is 1.41. The summed E-state index contributed by atoms with van der Waals surface area (Å²) in [5.41, 5.74) is 0. The van der Waals surface area contributed by atoms with Gasteiger partial charge < -0.3 is 0 Å². The fraction of sp³-hybridized carbons (Fsp3) is 0. The van der Waals surface area contributed by atoms with Crippen LogP contribution in [0.2, 0.25) is 0 Å². The van der Waals surface area contributed by atoms with E-state index in [2.05, 4.69) is 16.9 Å². The Labute approximate surface area is 34.8 Å². The van der Waals surface area contributed by atoms with E-state index in [1.165, 1.54) is 0 Å². The van der Waals surface area contributed by atoms with Gasteiger partial charge in [-0.3, -0.25) is 0 Å². The van der Waals surface area contributed by atoms with Crippen molar-refractivity contribution in [2.24, 2.45) is 0 Å². The molecule has 0 aliphatic rings. The lowest BCUT2D eigenvalue weighted by molar-refractivity contribution is 0.461. The first-order chi connectivity index (χ1) is 2.27. The summed E-state index contributed by atoms with van der Waals surface area (Å²) in [6.07, 6.45) is 0. The van der Waals surface area contributed by atoms with Gasteiger partial charge in [0.05, 0.1) is 0 Å². The zero-order valence-corrected chi connectivity index (χ0v) is 3.91. The maximum absolute atomic E-state index is 9.11. The average Bonchev–Trinajstić information content (AvgIpc) is 1.38. The smallest absolute Gasteiger partial charge is 0.203 e. The summed E-state index contributed by atoms with van der Waals surface area (Å²) in [5, 5.41) is 0. The molecule has 0 aliphatic heterocycles. The van der Waals surface area contributed by atoms with E-state index in [1.54, 1.807) is 0 Å². The number of hydrogen-bond donors (Lipinski definition) is 1. The summed E-state index contributed by atoms with van der Waals surface area (Å²) < 4.78 is 21.6. The Hall–Kier alpha value is 0.210. The molecule has 0 bridgehead atoms. The van der Waals surface area contributed by atoms with E-state index in [0.29, 0.717) is 0 Å². The van der Waals surface area contributed by atoms with Crippen LogP contribution in [0.25, 0.3) is 0 Å². The summed E-state index contributed by atoms with van der Waals surface area (Å²) in [7, 11) is -2.73. The number of thiol groups is 1.